The Bertz CT molecular complexity index is 1210. The zero-order chi connectivity index (χ0) is 22.5. The van der Waals surface area contributed by atoms with Crippen molar-refractivity contribution in [1.82, 2.24) is 9.78 Å². The maximum absolute atomic E-state index is 12.6. The van der Waals surface area contributed by atoms with Gasteiger partial charge in [0.1, 0.15) is 12.4 Å². The average Bonchev–Trinajstić information content (AvgIpc) is 3.23. The van der Waals surface area contributed by atoms with Gasteiger partial charge in [0.05, 0.1) is 11.6 Å². The van der Waals surface area contributed by atoms with E-state index in [0.717, 1.165) is 16.7 Å². The van der Waals surface area contributed by atoms with Gasteiger partial charge in [-0.25, -0.2) is 0 Å². The Morgan fingerprint density at radius 3 is 2.38 bits per heavy atom. The highest BCUT2D eigenvalue weighted by molar-refractivity contribution is 6.32. The molecule has 1 heterocycles. The molecule has 32 heavy (non-hydrogen) atoms. The standard InChI is InChI=1S/C26H24ClN3O2/c1-18-3-6-20(7-4-18)16-30-14-13-25(29-30)28-26(31)22-10-8-21(9-11-22)17-32-24-15-19(2)5-12-23(24)27/h3-15H,16-17H2,1-2H3,(H,28,29,31). The molecule has 0 aliphatic rings. The predicted molar refractivity (Wildman–Crippen MR) is 127 cm³/mol. The molecule has 0 atom stereocenters. The van der Waals surface area contributed by atoms with E-state index in [0.29, 0.717) is 35.3 Å². The van der Waals surface area contributed by atoms with E-state index in [1.807, 2.05) is 43.5 Å². The second-order valence-electron chi connectivity index (χ2n) is 7.76. The van der Waals surface area contributed by atoms with Crippen LogP contribution in [0.1, 0.15) is 32.6 Å². The van der Waals surface area contributed by atoms with Gasteiger partial charge in [-0.2, -0.15) is 5.10 Å². The van der Waals surface area contributed by atoms with E-state index >= 15 is 0 Å². The fraction of sp³-hybridized carbons (Fsp3) is 0.154. The monoisotopic (exact) mass is 445 g/mol. The maximum Gasteiger partial charge on any atom is 0.256 e. The van der Waals surface area contributed by atoms with Gasteiger partial charge < -0.3 is 10.1 Å². The lowest BCUT2D eigenvalue weighted by Gasteiger charge is -2.09. The molecule has 1 amide bonds. The van der Waals surface area contributed by atoms with Gasteiger partial charge in [0.15, 0.2) is 5.82 Å². The smallest absolute Gasteiger partial charge is 0.256 e. The highest BCUT2D eigenvalue weighted by Gasteiger charge is 2.09. The van der Waals surface area contributed by atoms with Crippen molar-refractivity contribution in [3.8, 4) is 5.75 Å². The Kier molecular flexibility index (Phi) is 6.57. The second-order valence-corrected chi connectivity index (χ2v) is 8.16. The van der Waals surface area contributed by atoms with Crippen molar-refractivity contribution < 1.29 is 9.53 Å². The highest BCUT2D eigenvalue weighted by atomic mass is 35.5. The minimum absolute atomic E-state index is 0.209. The third-order valence-electron chi connectivity index (χ3n) is 5.04. The van der Waals surface area contributed by atoms with Crippen molar-refractivity contribution in [3.05, 3.63) is 112 Å². The molecule has 6 heteroatoms. The molecular formula is C26H24ClN3O2. The Hall–Kier alpha value is -3.57. The quantitative estimate of drug-likeness (QED) is 0.377. The number of aryl methyl sites for hydroxylation is 2. The first-order valence-electron chi connectivity index (χ1n) is 10.3. The number of benzene rings is 3. The largest absolute Gasteiger partial charge is 0.487 e. The van der Waals surface area contributed by atoms with E-state index in [1.165, 1.54) is 5.56 Å². The van der Waals surface area contributed by atoms with Crippen molar-refractivity contribution in [2.75, 3.05) is 5.32 Å². The van der Waals surface area contributed by atoms with Crippen LogP contribution in [0.25, 0.3) is 0 Å². The molecule has 1 aromatic heterocycles. The number of hydrogen-bond donors (Lipinski definition) is 1. The van der Waals surface area contributed by atoms with Gasteiger partial charge in [-0.1, -0.05) is 59.6 Å². The van der Waals surface area contributed by atoms with Crippen molar-refractivity contribution in [2.24, 2.45) is 0 Å². The van der Waals surface area contributed by atoms with Crippen LogP contribution < -0.4 is 10.1 Å². The molecule has 0 aliphatic heterocycles. The number of aromatic nitrogens is 2. The summed E-state index contributed by atoms with van der Waals surface area (Å²) in [5, 5.41) is 7.86. The minimum atomic E-state index is -0.209. The second kappa shape index (κ2) is 9.71. The molecule has 1 N–H and O–H groups in total. The molecule has 0 radical (unpaired) electrons. The number of nitrogens with zero attached hydrogens (tertiary/aromatic N) is 2. The molecule has 162 valence electrons. The summed E-state index contributed by atoms with van der Waals surface area (Å²) in [6.07, 6.45) is 1.85. The number of ether oxygens (including phenoxy) is 1. The van der Waals surface area contributed by atoms with Gasteiger partial charge in [-0.05, 0) is 54.8 Å². The van der Waals surface area contributed by atoms with Gasteiger partial charge in [-0.3, -0.25) is 9.48 Å². The van der Waals surface area contributed by atoms with Crippen LogP contribution in [-0.4, -0.2) is 15.7 Å². The van der Waals surface area contributed by atoms with E-state index in [4.69, 9.17) is 16.3 Å². The van der Waals surface area contributed by atoms with E-state index in [2.05, 4.69) is 41.6 Å². The van der Waals surface area contributed by atoms with Crippen molar-refractivity contribution in [3.63, 3.8) is 0 Å². The average molecular weight is 446 g/mol. The van der Waals surface area contributed by atoms with Gasteiger partial charge >= 0.3 is 0 Å². The number of nitrogens with one attached hydrogen (secondary N) is 1. The number of anilines is 1. The Morgan fingerprint density at radius 1 is 0.938 bits per heavy atom. The fourth-order valence-electron chi connectivity index (χ4n) is 3.22. The molecular weight excluding hydrogens is 422 g/mol. The van der Waals surface area contributed by atoms with E-state index in [-0.39, 0.29) is 5.91 Å². The van der Waals surface area contributed by atoms with E-state index in [9.17, 15) is 4.79 Å². The molecule has 3 aromatic carbocycles. The Labute approximate surface area is 192 Å². The third kappa shape index (κ3) is 5.56. The van der Waals surface area contributed by atoms with Crippen molar-refractivity contribution >= 4 is 23.3 Å². The fourth-order valence-corrected chi connectivity index (χ4v) is 3.39. The van der Waals surface area contributed by atoms with Crippen LogP contribution in [0.15, 0.2) is 79.0 Å². The van der Waals surface area contributed by atoms with Crippen LogP contribution in [0.5, 0.6) is 5.75 Å². The zero-order valence-corrected chi connectivity index (χ0v) is 18.8. The molecule has 0 spiro atoms. The lowest BCUT2D eigenvalue weighted by Crippen LogP contribution is -2.13. The van der Waals surface area contributed by atoms with Crippen LogP contribution in [0, 0.1) is 13.8 Å². The summed E-state index contributed by atoms with van der Waals surface area (Å²) >= 11 is 6.17. The van der Waals surface area contributed by atoms with Gasteiger partial charge in [0.25, 0.3) is 5.91 Å². The van der Waals surface area contributed by atoms with Crippen molar-refractivity contribution in [2.45, 2.75) is 27.0 Å². The van der Waals surface area contributed by atoms with Crippen LogP contribution in [0.4, 0.5) is 5.82 Å². The first kappa shape index (κ1) is 21.7. The van der Waals surface area contributed by atoms with Crippen LogP contribution in [0.3, 0.4) is 0 Å². The van der Waals surface area contributed by atoms with Crippen LogP contribution >= 0.6 is 11.6 Å². The molecule has 5 nitrogen and oxygen atoms in total. The summed E-state index contributed by atoms with van der Waals surface area (Å²) in [7, 11) is 0. The maximum atomic E-state index is 12.6. The Morgan fingerprint density at radius 2 is 1.62 bits per heavy atom. The van der Waals surface area contributed by atoms with Crippen LogP contribution in [0.2, 0.25) is 5.02 Å². The van der Waals surface area contributed by atoms with E-state index in [1.54, 1.807) is 22.9 Å². The molecule has 4 aromatic rings. The SMILES string of the molecule is Cc1ccc(Cn2ccc(NC(=O)c3ccc(COc4cc(C)ccc4Cl)cc3)n2)cc1. The summed E-state index contributed by atoms with van der Waals surface area (Å²) in [4.78, 5) is 12.6. The molecule has 0 saturated carbocycles. The van der Waals surface area contributed by atoms with Crippen molar-refractivity contribution in [1.29, 1.82) is 0 Å². The summed E-state index contributed by atoms with van der Waals surface area (Å²) < 4.78 is 7.62. The normalized spacial score (nSPS) is 10.7. The first-order valence-corrected chi connectivity index (χ1v) is 10.7. The molecule has 4 rings (SSSR count). The van der Waals surface area contributed by atoms with E-state index < -0.39 is 0 Å². The van der Waals surface area contributed by atoms with Gasteiger partial charge in [0.2, 0.25) is 0 Å². The molecule has 0 saturated heterocycles. The number of carbonyl (C=O) groups is 1. The minimum Gasteiger partial charge on any atom is -0.487 e. The lowest BCUT2D eigenvalue weighted by molar-refractivity contribution is 0.102. The van der Waals surface area contributed by atoms with Crippen LogP contribution in [-0.2, 0) is 13.2 Å². The molecule has 0 aliphatic carbocycles. The topological polar surface area (TPSA) is 56.2 Å². The Balaban J connectivity index is 1.33. The summed E-state index contributed by atoms with van der Waals surface area (Å²) in [5.41, 5.74) is 4.95. The number of hydrogen-bond acceptors (Lipinski definition) is 3. The number of amides is 1. The molecule has 0 unspecified atom stereocenters. The van der Waals surface area contributed by atoms with Gasteiger partial charge in [0, 0.05) is 17.8 Å². The lowest BCUT2D eigenvalue weighted by atomic mass is 10.1. The summed E-state index contributed by atoms with van der Waals surface area (Å²) in [6, 6.07) is 23.0. The molecule has 0 fully saturated rings. The summed E-state index contributed by atoms with van der Waals surface area (Å²) in [5.74, 6) is 0.957. The number of carbonyl (C=O) groups excluding carboxylic acids is 1. The number of rotatable bonds is 7. The predicted octanol–water partition coefficient (Wildman–Crippen LogP) is 6.03. The molecule has 0 bridgehead atoms. The third-order valence-corrected chi connectivity index (χ3v) is 5.36. The van der Waals surface area contributed by atoms with Gasteiger partial charge in [-0.15, -0.1) is 0 Å². The number of halogens is 1. The summed E-state index contributed by atoms with van der Waals surface area (Å²) in [6.45, 7) is 5.07. The highest BCUT2D eigenvalue weighted by Crippen LogP contribution is 2.26. The first-order chi connectivity index (χ1) is 15.5. The zero-order valence-electron chi connectivity index (χ0n) is 18.0.